The monoisotopic (exact) mass is 345 g/mol. The first-order valence-electron chi connectivity index (χ1n) is 7.63. The van der Waals surface area contributed by atoms with E-state index in [-0.39, 0.29) is 12.3 Å². The molecule has 130 valence electrons. The molecule has 0 radical (unpaired) electrons. The van der Waals surface area contributed by atoms with Crippen molar-refractivity contribution >= 4 is 17.4 Å². The van der Waals surface area contributed by atoms with Crippen LogP contribution < -0.4 is 5.32 Å². The summed E-state index contributed by atoms with van der Waals surface area (Å²) in [6.07, 6.45) is 0. The number of amides is 1. The van der Waals surface area contributed by atoms with Gasteiger partial charge in [0.25, 0.3) is 0 Å². The van der Waals surface area contributed by atoms with Gasteiger partial charge in [-0.05, 0) is 42.3 Å². The summed E-state index contributed by atoms with van der Waals surface area (Å²) in [6.45, 7) is 3.01. The standard InChI is InChI=1S/C19H17F2NO3/c1-3-25-19(24)18(22-12(2)23)17(13-4-8-15(20)9-5-13)14-6-10-16(21)11-7-14/h4-11H,3H2,1-2H3,(H,22,23). The fourth-order valence-corrected chi connectivity index (χ4v) is 2.28. The summed E-state index contributed by atoms with van der Waals surface area (Å²) in [6, 6.07) is 10.8. The number of esters is 1. The average Bonchev–Trinajstić information content (AvgIpc) is 2.57. The highest BCUT2D eigenvalue weighted by Crippen LogP contribution is 2.27. The van der Waals surface area contributed by atoms with Gasteiger partial charge >= 0.3 is 5.97 Å². The van der Waals surface area contributed by atoms with Gasteiger partial charge in [-0.25, -0.2) is 13.6 Å². The Balaban J connectivity index is 2.71. The van der Waals surface area contributed by atoms with E-state index >= 15 is 0 Å². The van der Waals surface area contributed by atoms with Crippen LogP contribution in [0.3, 0.4) is 0 Å². The zero-order chi connectivity index (χ0) is 18.4. The summed E-state index contributed by atoms with van der Waals surface area (Å²) in [5, 5.41) is 2.47. The van der Waals surface area contributed by atoms with Crippen molar-refractivity contribution in [3.05, 3.63) is 77.0 Å². The van der Waals surface area contributed by atoms with Crippen molar-refractivity contribution in [3.8, 4) is 0 Å². The Morgan fingerprint density at radius 1 is 0.920 bits per heavy atom. The Labute approximate surface area is 144 Å². The molecule has 0 aliphatic rings. The highest BCUT2D eigenvalue weighted by molar-refractivity contribution is 6.04. The van der Waals surface area contributed by atoms with Crippen LogP contribution in [0.4, 0.5) is 8.78 Å². The third kappa shape index (κ3) is 4.73. The Morgan fingerprint density at radius 3 is 1.72 bits per heavy atom. The van der Waals surface area contributed by atoms with Gasteiger partial charge in [-0.1, -0.05) is 24.3 Å². The molecule has 1 amide bonds. The van der Waals surface area contributed by atoms with Crippen LogP contribution in [0.25, 0.3) is 5.57 Å². The fraction of sp³-hybridized carbons (Fsp3) is 0.158. The minimum atomic E-state index is -0.735. The Hall–Kier alpha value is -3.02. The molecule has 0 aromatic heterocycles. The van der Waals surface area contributed by atoms with E-state index in [9.17, 15) is 18.4 Å². The van der Waals surface area contributed by atoms with Crippen LogP contribution in [0.1, 0.15) is 25.0 Å². The third-order valence-corrected chi connectivity index (χ3v) is 3.30. The first-order valence-corrected chi connectivity index (χ1v) is 7.63. The summed E-state index contributed by atoms with van der Waals surface area (Å²) in [5.41, 5.74) is 1.18. The first-order chi connectivity index (χ1) is 11.9. The van der Waals surface area contributed by atoms with Gasteiger partial charge in [-0.2, -0.15) is 0 Å². The van der Waals surface area contributed by atoms with Crippen molar-refractivity contribution in [2.45, 2.75) is 13.8 Å². The Bertz CT molecular complexity index is 749. The lowest BCUT2D eigenvalue weighted by atomic mass is 9.95. The molecule has 0 saturated heterocycles. The van der Waals surface area contributed by atoms with E-state index in [2.05, 4.69) is 5.32 Å². The van der Waals surface area contributed by atoms with E-state index < -0.39 is 23.5 Å². The Kier molecular flexibility index (Phi) is 6.00. The molecule has 25 heavy (non-hydrogen) atoms. The predicted molar refractivity (Wildman–Crippen MR) is 89.3 cm³/mol. The third-order valence-electron chi connectivity index (χ3n) is 3.30. The Morgan fingerprint density at radius 2 is 1.36 bits per heavy atom. The number of hydrogen-bond acceptors (Lipinski definition) is 3. The number of carbonyl (C=O) groups excluding carboxylic acids is 2. The van der Waals surface area contributed by atoms with E-state index in [1.807, 2.05) is 0 Å². The normalized spacial score (nSPS) is 10.1. The smallest absolute Gasteiger partial charge is 0.355 e. The van der Waals surface area contributed by atoms with Crippen LogP contribution in [0.2, 0.25) is 0 Å². The van der Waals surface area contributed by atoms with Crippen LogP contribution in [-0.2, 0) is 14.3 Å². The minimum absolute atomic E-state index is 0.0902. The van der Waals surface area contributed by atoms with Crippen LogP contribution in [-0.4, -0.2) is 18.5 Å². The maximum absolute atomic E-state index is 13.3. The number of ether oxygens (including phenoxy) is 1. The van der Waals surface area contributed by atoms with Crippen LogP contribution in [0.15, 0.2) is 54.2 Å². The molecule has 0 spiro atoms. The quantitative estimate of drug-likeness (QED) is 0.667. The van der Waals surface area contributed by atoms with Gasteiger partial charge in [0.1, 0.15) is 17.3 Å². The van der Waals surface area contributed by atoms with Crippen LogP contribution in [0.5, 0.6) is 0 Å². The molecule has 0 aliphatic carbocycles. The number of carbonyl (C=O) groups is 2. The molecular weight excluding hydrogens is 328 g/mol. The molecule has 1 N–H and O–H groups in total. The topological polar surface area (TPSA) is 55.4 Å². The van der Waals surface area contributed by atoms with E-state index in [0.717, 1.165) is 0 Å². The molecule has 4 nitrogen and oxygen atoms in total. The maximum atomic E-state index is 13.3. The summed E-state index contributed by atoms with van der Waals surface area (Å²) in [7, 11) is 0. The van der Waals surface area contributed by atoms with Gasteiger partial charge < -0.3 is 10.1 Å². The minimum Gasteiger partial charge on any atom is -0.461 e. The van der Waals surface area contributed by atoms with Gasteiger partial charge in [0.05, 0.1) is 6.61 Å². The van der Waals surface area contributed by atoms with Gasteiger partial charge in [-0.15, -0.1) is 0 Å². The molecule has 0 unspecified atom stereocenters. The zero-order valence-electron chi connectivity index (χ0n) is 13.8. The maximum Gasteiger partial charge on any atom is 0.355 e. The van der Waals surface area contributed by atoms with Crippen LogP contribution in [0, 0.1) is 11.6 Å². The molecule has 6 heteroatoms. The number of rotatable bonds is 5. The molecule has 0 bridgehead atoms. The van der Waals surface area contributed by atoms with Gasteiger partial charge in [0, 0.05) is 12.5 Å². The lowest BCUT2D eigenvalue weighted by Gasteiger charge is -2.16. The molecule has 0 aliphatic heterocycles. The number of halogens is 2. The second kappa shape index (κ2) is 8.19. The van der Waals surface area contributed by atoms with E-state index in [1.165, 1.54) is 55.5 Å². The second-order valence-corrected chi connectivity index (χ2v) is 5.17. The van der Waals surface area contributed by atoms with Crippen molar-refractivity contribution in [3.63, 3.8) is 0 Å². The predicted octanol–water partition coefficient (Wildman–Crippen LogP) is 3.42. The van der Waals surface area contributed by atoms with E-state index in [0.29, 0.717) is 16.7 Å². The average molecular weight is 345 g/mol. The fourth-order valence-electron chi connectivity index (χ4n) is 2.28. The van der Waals surface area contributed by atoms with Crippen LogP contribution >= 0.6 is 0 Å². The molecule has 2 rings (SSSR count). The largest absolute Gasteiger partial charge is 0.461 e. The van der Waals surface area contributed by atoms with Gasteiger partial charge in [-0.3, -0.25) is 4.79 Å². The molecule has 0 saturated carbocycles. The molecule has 2 aromatic carbocycles. The highest BCUT2D eigenvalue weighted by atomic mass is 19.1. The lowest BCUT2D eigenvalue weighted by Crippen LogP contribution is -2.28. The SMILES string of the molecule is CCOC(=O)C(NC(C)=O)=C(c1ccc(F)cc1)c1ccc(F)cc1. The zero-order valence-corrected chi connectivity index (χ0v) is 13.8. The van der Waals surface area contributed by atoms with Crippen molar-refractivity contribution in [1.82, 2.24) is 5.32 Å². The first kappa shape index (κ1) is 18.3. The molecule has 0 heterocycles. The number of nitrogens with one attached hydrogen (secondary N) is 1. The molecular formula is C19H17F2NO3. The molecule has 0 fully saturated rings. The van der Waals surface area contributed by atoms with Crippen molar-refractivity contribution in [1.29, 1.82) is 0 Å². The molecule has 2 aromatic rings. The second-order valence-electron chi connectivity index (χ2n) is 5.17. The number of hydrogen-bond donors (Lipinski definition) is 1. The van der Waals surface area contributed by atoms with E-state index in [1.54, 1.807) is 6.92 Å². The van der Waals surface area contributed by atoms with Gasteiger partial charge in [0.2, 0.25) is 5.91 Å². The van der Waals surface area contributed by atoms with Crippen molar-refractivity contribution in [2.24, 2.45) is 0 Å². The van der Waals surface area contributed by atoms with E-state index in [4.69, 9.17) is 4.74 Å². The van der Waals surface area contributed by atoms with Crippen molar-refractivity contribution in [2.75, 3.05) is 6.61 Å². The molecule has 0 atom stereocenters. The highest BCUT2D eigenvalue weighted by Gasteiger charge is 2.21. The summed E-state index contributed by atoms with van der Waals surface area (Å²) >= 11 is 0. The number of benzene rings is 2. The van der Waals surface area contributed by atoms with Gasteiger partial charge in [0.15, 0.2) is 0 Å². The summed E-state index contributed by atoms with van der Waals surface area (Å²) < 4.78 is 31.6. The van der Waals surface area contributed by atoms with Crippen molar-refractivity contribution < 1.29 is 23.1 Å². The summed E-state index contributed by atoms with van der Waals surface area (Å²) in [5.74, 6) is -2.09. The lowest BCUT2D eigenvalue weighted by molar-refractivity contribution is -0.139. The summed E-state index contributed by atoms with van der Waals surface area (Å²) in [4.78, 5) is 23.9.